The molecule has 0 aliphatic carbocycles. The van der Waals surface area contributed by atoms with Crippen molar-refractivity contribution in [2.75, 3.05) is 4.72 Å². The van der Waals surface area contributed by atoms with Crippen LogP contribution in [-0.4, -0.2) is 25.4 Å². The number of primary amides is 1. The van der Waals surface area contributed by atoms with Gasteiger partial charge in [-0.3, -0.25) is 9.52 Å². The quantitative estimate of drug-likeness (QED) is 0.668. The Balaban J connectivity index is 2.42. The van der Waals surface area contributed by atoms with Crippen LogP contribution in [0.15, 0.2) is 45.8 Å². The lowest BCUT2D eigenvalue weighted by Gasteiger charge is -2.10. The summed E-state index contributed by atoms with van der Waals surface area (Å²) in [4.78, 5) is 22.1. The van der Waals surface area contributed by atoms with Crippen molar-refractivity contribution in [1.82, 2.24) is 0 Å². The first-order valence-corrected chi connectivity index (χ1v) is 8.92. The Labute approximate surface area is 150 Å². The van der Waals surface area contributed by atoms with E-state index in [9.17, 15) is 18.0 Å². The van der Waals surface area contributed by atoms with E-state index in [1.54, 1.807) is 0 Å². The molecule has 0 heterocycles. The summed E-state index contributed by atoms with van der Waals surface area (Å²) in [5.41, 5.74) is 4.98. The minimum atomic E-state index is -4.07. The molecule has 0 saturated carbocycles. The zero-order valence-corrected chi connectivity index (χ0v) is 14.9. The number of halogens is 2. The zero-order chi connectivity index (χ0) is 18.1. The summed E-state index contributed by atoms with van der Waals surface area (Å²) in [7, 11) is -4.07. The lowest BCUT2D eigenvalue weighted by atomic mass is 10.2. The van der Waals surface area contributed by atoms with Gasteiger partial charge in [-0.05, 0) is 52.3 Å². The van der Waals surface area contributed by atoms with Gasteiger partial charge in [0.1, 0.15) is 0 Å². The van der Waals surface area contributed by atoms with Gasteiger partial charge in [-0.1, -0.05) is 11.6 Å². The Morgan fingerprint density at radius 1 is 1.12 bits per heavy atom. The predicted octanol–water partition coefficient (Wildman–Crippen LogP) is 2.70. The van der Waals surface area contributed by atoms with Gasteiger partial charge in [-0.25, -0.2) is 13.2 Å². The molecule has 0 aliphatic heterocycles. The number of carbonyl (C=O) groups excluding carboxylic acids is 1. The molecular weight excluding hydrogens is 424 g/mol. The van der Waals surface area contributed by atoms with Crippen LogP contribution in [0, 0.1) is 0 Å². The summed E-state index contributed by atoms with van der Waals surface area (Å²) in [5, 5.41) is 9.15. The largest absolute Gasteiger partial charge is 0.478 e. The second kappa shape index (κ2) is 6.80. The van der Waals surface area contributed by atoms with Gasteiger partial charge >= 0.3 is 5.97 Å². The standard InChI is InChI=1S/C14H10BrClN2O5S/c15-11-3-2-8(6-9(11)14(20)21)24(22,23)18-7-1-4-12(16)10(5-7)13(17)19/h1-6,18H,(H2,17,19)(H,20,21). The molecule has 4 N–H and O–H groups in total. The fourth-order valence-corrected chi connectivity index (χ4v) is 3.53. The van der Waals surface area contributed by atoms with Gasteiger partial charge in [-0.15, -0.1) is 0 Å². The van der Waals surface area contributed by atoms with E-state index in [1.165, 1.54) is 30.3 Å². The van der Waals surface area contributed by atoms with E-state index < -0.39 is 21.9 Å². The van der Waals surface area contributed by atoms with Crippen LogP contribution in [0.1, 0.15) is 20.7 Å². The predicted molar refractivity (Wildman–Crippen MR) is 91.9 cm³/mol. The molecule has 7 nitrogen and oxygen atoms in total. The smallest absolute Gasteiger partial charge is 0.336 e. The molecule has 0 radical (unpaired) electrons. The molecule has 0 saturated heterocycles. The molecule has 0 fully saturated rings. The number of amides is 1. The highest BCUT2D eigenvalue weighted by Gasteiger charge is 2.19. The Morgan fingerprint density at radius 2 is 1.79 bits per heavy atom. The third kappa shape index (κ3) is 3.86. The van der Waals surface area contributed by atoms with Crippen LogP contribution in [0.4, 0.5) is 5.69 Å². The average molecular weight is 434 g/mol. The maximum Gasteiger partial charge on any atom is 0.336 e. The first-order chi connectivity index (χ1) is 11.1. The van der Waals surface area contributed by atoms with Crippen LogP contribution in [0.2, 0.25) is 5.02 Å². The van der Waals surface area contributed by atoms with Gasteiger partial charge in [0.25, 0.3) is 10.0 Å². The van der Waals surface area contributed by atoms with Crippen molar-refractivity contribution in [2.45, 2.75) is 4.90 Å². The van der Waals surface area contributed by atoms with E-state index in [0.29, 0.717) is 0 Å². The first kappa shape index (κ1) is 18.2. The summed E-state index contributed by atoms with van der Waals surface area (Å²) < 4.78 is 27.3. The Hall–Kier alpha value is -2.10. The number of carboxylic acids is 1. The fourth-order valence-electron chi connectivity index (χ4n) is 1.83. The van der Waals surface area contributed by atoms with Crippen LogP contribution in [0.5, 0.6) is 0 Å². The van der Waals surface area contributed by atoms with Crippen molar-refractivity contribution in [1.29, 1.82) is 0 Å². The topological polar surface area (TPSA) is 127 Å². The first-order valence-electron chi connectivity index (χ1n) is 6.27. The Kier molecular flexibility index (Phi) is 5.16. The minimum Gasteiger partial charge on any atom is -0.478 e. The average Bonchev–Trinajstić information content (AvgIpc) is 2.48. The number of rotatable bonds is 5. The second-order valence-electron chi connectivity index (χ2n) is 4.61. The molecule has 0 bridgehead atoms. The van der Waals surface area contributed by atoms with E-state index in [-0.39, 0.29) is 31.2 Å². The van der Waals surface area contributed by atoms with Gasteiger partial charge in [0.05, 0.1) is 21.0 Å². The van der Waals surface area contributed by atoms with E-state index in [4.69, 9.17) is 22.4 Å². The molecule has 0 unspecified atom stereocenters. The number of benzene rings is 2. The number of carboxylic acid groups (broad SMARTS) is 1. The third-order valence-electron chi connectivity index (χ3n) is 2.96. The van der Waals surface area contributed by atoms with Gasteiger partial charge in [0.2, 0.25) is 5.91 Å². The molecule has 24 heavy (non-hydrogen) atoms. The van der Waals surface area contributed by atoms with E-state index in [1.807, 2.05) is 0 Å². The molecule has 2 aromatic rings. The molecule has 0 spiro atoms. The number of aromatic carboxylic acids is 1. The summed E-state index contributed by atoms with van der Waals surface area (Å²) in [6.07, 6.45) is 0. The summed E-state index contributed by atoms with van der Waals surface area (Å²) in [6, 6.07) is 7.43. The van der Waals surface area contributed by atoms with Crippen LogP contribution in [-0.2, 0) is 10.0 Å². The molecule has 0 aliphatic rings. The number of hydrogen-bond acceptors (Lipinski definition) is 4. The van der Waals surface area contributed by atoms with Crippen LogP contribution in [0.3, 0.4) is 0 Å². The molecule has 2 rings (SSSR count). The fraction of sp³-hybridized carbons (Fsp3) is 0. The molecule has 2 aromatic carbocycles. The van der Waals surface area contributed by atoms with Gasteiger partial charge in [0.15, 0.2) is 0 Å². The summed E-state index contributed by atoms with van der Waals surface area (Å²) in [5.74, 6) is -2.08. The lowest BCUT2D eigenvalue weighted by Crippen LogP contribution is -2.16. The number of hydrogen-bond donors (Lipinski definition) is 3. The number of nitrogens with two attached hydrogens (primary N) is 1. The Morgan fingerprint density at radius 3 is 2.38 bits per heavy atom. The van der Waals surface area contributed by atoms with E-state index in [2.05, 4.69) is 20.7 Å². The van der Waals surface area contributed by atoms with E-state index in [0.717, 1.165) is 6.07 Å². The molecule has 0 atom stereocenters. The second-order valence-corrected chi connectivity index (χ2v) is 7.56. The van der Waals surface area contributed by atoms with Crippen LogP contribution in [0.25, 0.3) is 0 Å². The maximum atomic E-state index is 12.4. The summed E-state index contributed by atoms with van der Waals surface area (Å²) >= 11 is 8.84. The summed E-state index contributed by atoms with van der Waals surface area (Å²) in [6.45, 7) is 0. The number of carbonyl (C=O) groups is 2. The number of sulfonamides is 1. The van der Waals surface area contributed by atoms with Crippen molar-refractivity contribution in [3.8, 4) is 0 Å². The van der Waals surface area contributed by atoms with Crippen molar-refractivity contribution in [3.63, 3.8) is 0 Å². The van der Waals surface area contributed by atoms with Gasteiger partial charge < -0.3 is 10.8 Å². The molecule has 1 amide bonds. The minimum absolute atomic E-state index is 0.0427. The molecule has 0 aromatic heterocycles. The zero-order valence-electron chi connectivity index (χ0n) is 11.8. The highest BCUT2D eigenvalue weighted by molar-refractivity contribution is 9.10. The van der Waals surface area contributed by atoms with Crippen molar-refractivity contribution in [3.05, 3.63) is 57.0 Å². The van der Waals surface area contributed by atoms with Crippen molar-refractivity contribution in [2.24, 2.45) is 5.73 Å². The maximum absolute atomic E-state index is 12.4. The highest BCUT2D eigenvalue weighted by Crippen LogP contribution is 2.25. The highest BCUT2D eigenvalue weighted by atomic mass is 79.9. The lowest BCUT2D eigenvalue weighted by molar-refractivity contribution is 0.0695. The van der Waals surface area contributed by atoms with E-state index >= 15 is 0 Å². The molecule has 126 valence electrons. The van der Waals surface area contributed by atoms with Gasteiger partial charge in [-0.2, -0.15) is 0 Å². The van der Waals surface area contributed by atoms with Crippen molar-refractivity contribution >= 4 is 55.1 Å². The van der Waals surface area contributed by atoms with Crippen LogP contribution < -0.4 is 10.5 Å². The SMILES string of the molecule is NC(=O)c1cc(NS(=O)(=O)c2ccc(Br)c(C(=O)O)c2)ccc1Cl. The third-order valence-corrected chi connectivity index (χ3v) is 5.36. The monoisotopic (exact) mass is 432 g/mol. The van der Waals surface area contributed by atoms with Gasteiger partial charge in [0, 0.05) is 10.2 Å². The van der Waals surface area contributed by atoms with Crippen molar-refractivity contribution < 1.29 is 23.1 Å². The number of anilines is 1. The van der Waals surface area contributed by atoms with Crippen LogP contribution >= 0.6 is 27.5 Å². The molecule has 10 heteroatoms. The number of nitrogens with one attached hydrogen (secondary N) is 1. The normalized spacial score (nSPS) is 11.1. The Bertz CT molecular complexity index is 946. The molecular formula is C14H10BrClN2O5S.